The molecule has 0 saturated carbocycles. The maximum Gasteiger partial charge on any atom is 0.206 e. The summed E-state index contributed by atoms with van der Waals surface area (Å²) in [4.78, 5) is 0.551. The fraction of sp³-hybridized carbons (Fsp3) is 0.100. The molecule has 2 aromatic carbocycles. The van der Waals surface area contributed by atoms with E-state index in [1.54, 1.807) is 65.2 Å². The van der Waals surface area contributed by atoms with E-state index in [1.165, 1.54) is 11.8 Å². The molecule has 4 rings (SSSR count). The maximum absolute atomic E-state index is 12.8. The molecule has 148 valence electrons. The van der Waals surface area contributed by atoms with Crippen LogP contribution in [0, 0.1) is 6.92 Å². The van der Waals surface area contributed by atoms with Crippen molar-refractivity contribution in [1.29, 1.82) is 0 Å². The summed E-state index contributed by atoms with van der Waals surface area (Å²) in [5.41, 5.74) is 2.51. The minimum Gasteiger partial charge on any atom is -0.275 e. The van der Waals surface area contributed by atoms with Crippen molar-refractivity contribution in [3.05, 3.63) is 82.0 Å². The Morgan fingerprint density at radius 1 is 0.966 bits per heavy atom. The normalized spacial score (nSPS) is 11.8. The number of hydrogen-bond acceptors (Lipinski definition) is 5. The molecule has 5 nitrogen and oxygen atoms in total. The van der Waals surface area contributed by atoms with Crippen molar-refractivity contribution in [2.75, 3.05) is 0 Å². The molecule has 0 amide bonds. The SMILES string of the molecule is Cc1ccc(S(=O)(=O)c2ccc(CSc3nnc4c(Cl)cc(Cl)cn34)cc2)cc1. The number of halogens is 2. The van der Waals surface area contributed by atoms with Gasteiger partial charge in [0.15, 0.2) is 10.8 Å². The number of sulfone groups is 1. The number of benzene rings is 2. The van der Waals surface area contributed by atoms with Gasteiger partial charge in [0.25, 0.3) is 0 Å². The van der Waals surface area contributed by atoms with Gasteiger partial charge in [0.05, 0.1) is 19.8 Å². The Bertz CT molecular complexity index is 1290. The van der Waals surface area contributed by atoms with E-state index in [4.69, 9.17) is 23.2 Å². The number of thioether (sulfide) groups is 1. The molecular formula is C20H15Cl2N3O2S2. The molecule has 0 bridgehead atoms. The summed E-state index contributed by atoms with van der Waals surface area (Å²) >= 11 is 13.7. The molecule has 0 aliphatic rings. The third-order valence-electron chi connectivity index (χ3n) is 4.33. The van der Waals surface area contributed by atoms with Gasteiger partial charge >= 0.3 is 0 Å². The highest BCUT2D eigenvalue weighted by atomic mass is 35.5. The van der Waals surface area contributed by atoms with Crippen molar-refractivity contribution >= 4 is 50.4 Å². The number of hydrogen-bond donors (Lipinski definition) is 0. The zero-order chi connectivity index (χ0) is 20.6. The summed E-state index contributed by atoms with van der Waals surface area (Å²) in [5, 5.41) is 9.81. The molecule has 0 aliphatic heterocycles. The van der Waals surface area contributed by atoms with Crippen LogP contribution >= 0.6 is 35.0 Å². The lowest BCUT2D eigenvalue weighted by atomic mass is 10.2. The van der Waals surface area contributed by atoms with Gasteiger partial charge in [-0.1, -0.05) is 64.8 Å². The topological polar surface area (TPSA) is 64.3 Å². The molecule has 2 aromatic heterocycles. The summed E-state index contributed by atoms with van der Waals surface area (Å²) in [7, 11) is -3.53. The van der Waals surface area contributed by atoms with Gasteiger partial charge < -0.3 is 0 Å². The lowest BCUT2D eigenvalue weighted by Gasteiger charge is -2.07. The van der Waals surface area contributed by atoms with Gasteiger partial charge in [-0.25, -0.2) is 8.42 Å². The second-order valence-electron chi connectivity index (χ2n) is 6.43. The van der Waals surface area contributed by atoms with Crippen LogP contribution in [0.3, 0.4) is 0 Å². The maximum atomic E-state index is 12.8. The smallest absolute Gasteiger partial charge is 0.206 e. The molecule has 0 atom stereocenters. The first-order valence-corrected chi connectivity index (χ1v) is 11.8. The molecule has 0 saturated heterocycles. The summed E-state index contributed by atoms with van der Waals surface area (Å²) < 4.78 is 27.3. The van der Waals surface area contributed by atoms with Crippen LogP contribution in [0.5, 0.6) is 0 Å². The van der Waals surface area contributed by atoms with Crippen LogP contribution in [0.25, 0.3) is 5.65 Å². The third-order valence-corrected chi connectivity index (χ3v) is 7.61. The standard InChI is InChI=1S/C20H15Cl2N3O2S2/c1-13-2-6-16(7-3-13)29(26,27)17-8-4-14(5-9-17)12-28-20-24-23-19-18(22)10-15(21)11-25(19)20/h2-11H,12H2,1H3. The van der Waals surface area contributed by atoms with Crippen LogP contribution in [0.4, 0.5) is 0 Å². The Labute approximate surface area is 182 Å². The summed E-state index contributed by atoms with van der Waals surface area (Å²) in [6.45, 7) is 1.92. The molecule has 0 aliphatic carbocycles. The molecule has 0 N–H and O–H groups in total. The summed E-state index contributed by atoms with van der Waals surface area (Å²) in [5.74, 6) is 0.593. The average Bonchev–Trinajstić information content (AvgIpc) is 3.10. The predicted molar refractivity (Wildman–Crippen MR) is 116 cm³/mol. The van der Waals surface area contributed by atoms with Gasteiger partial charge in [-0.3, -0.25) is 4.40 Å². The average molecular weight is 464 g/mol. The quantitative estimate of drug-likeness (QED) is 0.367. The van der Waals surface area contributed by atoms with Crippen molar-refractivity contribution in [3.63, 3.8) is 0 Å². The highest BCUT2D eigenvalue weighted by Gasteiger charge is 2.17. The fourth-order valence-electron chi connectivity index (χ4n) is 2.77. The number of aryl methyl sites for hydroxylation is 1. The molecule has 4 aromatic rings. The summed E-state index contributed by atoms with van der Waals surface area (Å²) in [6, 6.07) is 15.3. The van der Waals surface area contributed by atoms with E-state index in [-0.39, 0.29) is 9.79 Å². The Balaban J connectivity index is 1.53. The van der Waals surface area contributed by atoms with E-state index < -0.39 is 9.84 Å². The Hall–Kier alpha value is -2.06. The van der Waals surface area contributed by atoms with Gasteiger partial charge in [-0.05, 0) is 42.8 Å². The lowest BCUT2D eigenvalue weighted by Crippen LogP contribution is -2.02. The molecular weight excluding hydrogens is 449 g/mol. The molecule has 0 unspecified atom stereocenters. The zero-order valence-electron chi connectivity index (χ0n) is 15.2. The van der Waals surface area contributed by atoms with Gasteiger partial charge in [0.1, 0.15) is 0 Å². The first kappa shape index (κ1) is 20.2. The Morgan fingerprint density at radius 3 is 2.24 bits per heavy atom. The molecule has 9 heteroatoms. The van der Waals surface area contributed by atoms with E-state index in [2.05, 4.69) is 10.2 Å². The largest absolute Gasteiger partial charge is 0.275 e. The van der Waals surface area contributed by atoms with Gasteiger partial charge in [0.2, 0.25) is 9.84 Å². The molecule has 0 radical (unpaired) electrons. The van der Waals surface area contributed by atoms with Crippen LogP contribution in [-0.2, 0) is 15.6 Å². The van der Waals surface area contributed by atoms with Crippen LogP contribution in [-0.4, -0.2) is 23.0 Å². The van der Waals surface area contributed by atoms with Crippen LogP contribution in [0.2, 0.25) is 10.0 Å². The summed E-state index contributed by atoms with van der Waals surface area (Å²) in [6.07, 6.45) is 1.71. The highest BCUT2D eigenvalue weighted by molar-refractivity contribution is 7.98. The lowest BCUT2D eigenvalue weighted by molar-refractivity contribution is 0.596. The second-order valence-corrected chi connectivity index (χ2v) is 10.2. The Kier molecular flexibility index (Phi) is 5.57. The first-order valence-electron chi connectivity index (χ1n) is 8.58. The van der Waals surface area contributed by atoms with E-state index in [9.17, 15) is 8.42 Å². The van der Waals surface area contributed by atoms with Crippen molar-refractivity contribution < 1.29 is 8.42 Å². The Morgan fingerprint density at radius 2 is 1.59 bits per heavy atom. The third kappa shape index (κ3) is 4.14. The monoisotopic (exact) mass is 463 g/mol. The molecule has 2 heterocycles. The minimum atomic E-state index is -3.53. The van der Waals surface area contributed by atoms with E-state index in [1.807, 2.05) is 6.92 Å². The number of pyridine rings is 1. The van der Waals surface area contributed by atoms with Gasteiger partial charge in [0, 0.05) is 11.9 Å². The first-order chi connectivity index (χ1) is 13.8. The van der Waals surface area contributed by atoms with Crippen molar-refractivity contribution in [3.8, 4) is 0 Å². The zero-order valence-corrected chi connectivity index (χ0v) is 18.4. The number of fused-ring (bicyclic) bond motifs is 1. The number of aromatic nitrogens is 3. The highest BCUT2D eigenvalue weighted by Crippen LogP contribution is 2.28. The van der Waals surface area contributed by atoms with Gasteiger partial charge in [-0.2, -0.15) is 0 Å². The minimum absolute atomic E-state index is 0.265. The van der Waals surface area contributed by atoms with Crippen LogP contribution in [0.1, 0.15) is 11.1 Å². The van der Waals surface area contributed by atoms with Crippen LogP contribution < -0.4 is 0 Å². The van der Waals surface area contributed by atoms with Crippen molar-refractivity contribution in [1.82, 2.24) is 14.6 Å². The van der Waals surface area contributed by atoms with Gasteiger partial charge in [-0.15, -0.1) is 10.2 Å². The second kappa shape index (κ2) is 7.99. The fourth-order valence-corrected chi connectivity index (χ4v) is 5.40. The van der Waals surface area contributed by atoms with E-state index in [0.717, 1.165) is 11.1 Å². The molecule has 0 fully saturated rings. The van der Waals surface area contributed by atoms with Crippen LogP contribution in [0.15, 0.2) is 75.7 Å². The van der Waals surface area contributed by atoms with E-state index in [0.29, 0.717) is 26.6 Å². The van der Waals surface area contributed by atoms with E-state index >= 15 is 0 Å². The predicted octanol–water partition coefficient (Wildman–Crippen LogP) is 5.47. The van der Waals surface area contributed by atoms with Crippen molar-refractivity contribution in [2.24, 2.45) is 0 Å². The molecule has 0 spiro atoms. The molecule has 29 heavy (non-hydrogen) atoms. The number of nitrogens with zero attached hydrogens (tertiary/aromatic N) is 3. The number of rotatable bonds is 5. The van der Waals surface area contributed by atoms with Crippen molar-refractivity contribution in [2.45, 2.75) is 27.6 Å².